The molecule has 10 heteroatoms. The third kappa shape index (κ3) is 10.9. The van der Waals surface area contributed by atoms with Crippen molar-refractivity contribution in [1.29, 1.82) is 0 Å². The highest BCUT2D eigenvalue weighted by molar-refractivity contribution is 5.93. The molecule has 0 radical (unpaired) electrons. The van der Waals surface area contributed by atoms with E-state index in [1.807, 2.05) is 68.4 Å². The summed E-state index contributed by atoms with van der Waals surface area (Å²) in [4.78, 5) is 51.7. The number of hydrogen-bond donors (Lipinski definition) is 5. The van der Waals surface area contributed by atoms with Crippen LogP contribution in [0.2, 0.25) is 0 Å². The van der Waals surface area contributed by atoms with Gasteiger partial charge >= 0.3 is 0 Å². The van der Waals surface area contributed by atoms with Gasteiger partial charge < -0.3 is 31.7 Å². The molecule has 2 unspecified atom stereocenters. The van der Waals surface area contributed by atoms with Crippen LogP contribution in [0.3, 0.4) is 0 Å². The quantitative estimate of drug-likeness (QED) is 0.313. The summed E-state index contributed by atoms with van der Waals surface area (Å²) in [6.45, 7) is 4.63. The highest BCUT2D eigenvalue weighted by atomic mass is 16.5. The van der Waals surface area contributed by atoms with E-state index in [0.717, 1.165) is 23.3 Å². The van der Waals surface area contributed by atoms with Gasteiger partial charge in [-0.15, -0.1) is 0 Å². The van der Waals surface area contributed by atoms with Gasteiger partial charge in [0, 0.05) is 25.9 Å². The van der Waals surface area contributed by atoms with E-state index in [1.165, 1.54) is 0 Å². The molecule has 0 saturated carbocycles. The van der Waals surface area contributed by atoms with Crippen LogP contribution in [0.4, 0.5) is 0 Å². The molecule has 1 saturated heterocycles. The number of rotatable bonds is 9. The Balaban J connectivity index is 1.73. The fourth-order valence-corrected chi connectivity index (χ4v) is 4.46. The maximum Gasteiger partial charge on any atom is 0.243 e. The first-order valence-corrected chi connectivity index (χ1v) is 14.5. The molecule has 1 heterocycles. The number of benzene rings is 2. The van der Waals surface area contributed by atoms with Gasteiger partial charge in [-0.3, -0.25) is 19.2 Å². The Morgan fingerprint density at radius 1 is 0.976 bits per heavy atom. The first-order chi connectivity index (χ1) is 19.7. The highest BCUT2D eigenvalue weighted by Gasteiger charge is 2.28. The van der Waals surface area contributed by atoms with E-state index in [4.69, 9.17) is 10.5 Å². The number of carbonyl (C=O) groups is 4. The predicted molar refractivity (Wildman–Crippen MR) is 157 cm³/mol. The van der Waals surface area contributed by atoms with E-state index in [-0.39, 0.29) is 31.4 Å². The normalized spacial score (nSPS) is 20.4. The van der Waals surface area contributed by atoms with E-state index in [1.54, 1.807) is 0 Å². The van der Waals surface area contributed by atoms with E-state index in [2.05, 4.69) is 21.3 Å². The summed E-state index contributed by atoms with van der Waals surface area (Å²) in [5, 5.41) is 11.2. The molecule has 0 aromatic heterocycles. The minimum Gasteiger partial charge on any atom is -0.491 e. The van der Waals surface area contributed by atoms with Gasteiger partial charge in [-0.2, -0.15) is 0 Å². The van der Waals surface area contributed by atoms with Crippen molar-refractivity contribution in [3.63, 3.8) is 0 Å². The summed E-state index contributed by atoms with van der Waals surface area (Å²) < 4.78 is 5.84. The molecular formula is C31H43N5O5. The minimum atomic E-state index is -0.910. The maximum atomic E-state index is 13.5. The van der Waals surface area contributed by atoms with Crippen LogP contribution in [0.15, 0.2) is 54.6 Å². The van der Waals surface area contributed by atoms with Crippen LogP contribution in [0.1, 0.15) is 57.1 Å². The minimum absolute atomic E-state index is 0.0793. The average molecular weight is 566 g/mol. The Labute approximate surface area is 242 Å². The van der Waals surface area contributed by atoms with Crippen molar-refractivity contribution >= 4 is 23.6 Å². The van der Waals surface area contributed by atoms with Gasteiger partial charge in [-0.25, -0.2) is 0 Å². The molecule has 1 fully saturated rings. The molecule has 2 aromatic rings. The molecule has 3 rings (SSSR count). The van der Waals surface area contributed by atoms with Gasteiger partial charge in [0.15, 0.2) is 0 Å². The molecule has 10 nitrogen and oxygen atoms in total. The monoisotopic (exact) mass is 565 g/mol. The maximum absolute atomic E-state index is 13.5. The number of carbonyl (C=O) groups excluding carboxylic acids is 4. The van der Waals surface area contributed by atoms with Crippen LogP contribution in [0.25, 0.3) is 0 Å². The molecule has 41 heavy (non-hydrogen) atoms. The van der Waals surface area contributed by atoms with E-state index in [0.29, 0.717) is 32.2 Å². The molecule has 0 aliphatic carbocycles. The zero-order chi connectivity index (χ0) is 29.6. The molecule has 222 valence electrons. The number of nitrogens with one attached hydrogen (secondary N) is 4. The van der Waals surface area contributed by atoms with Crippen molar-refractivity contribution in [2.75, 3.05) is 13.1 Å². The van der Waals surface area contributed by atoms with Crippen molar-refractivity contribution in [3.8, 4) is 5.75 Å². The van der Waals surface area contributed by atoms with Crippen LogP contribution >= 0.6 is 0 Å². The average Bonchev–Trinajstić information content (AvgIpc) is 2.96. The summed E-state index contributed by atoms with van der Waals surface area (Å²) in [6, 6.07) is 14.2. The zero-order valence-electron chi connectivity index (χ0n) is 24.0. The van der Waals surface area contributed by atoms with Crippen LogP contribution in [0.5, 0.6) is 5.75 Å². The largest absolute Gasteiger partial charge is 0.491 e. The van der Waals surface area contributed by atoms with E-state index < -0.39 is 35.8 Å². The van der Waals surface area contributed by atoms with Gasteiger partial charge in [-0.1, -0.05) is 49.4 Å². The topological polar surface area (TPSA) is 152 Å². The molecule has 2 aromatic carbocycles. The molecule has 0 spiro atoms. The zero-order valence-corrected chi connectivity index (χ0v) is 24.0. The summed E-state index contributed by atoms with van der Waals surface area (Å²) in [5.41, 5.74) is 7.91. The van der Waals surface area contributed by atoms with Crippen molar-refractivity contribution in [2.24, 2.45) is 5.73 Å². The third-order valence-corrected chi connectivity index (χ3v) is 7.07. The second-order valence-corrected chi connectivity index (χ2v) is 10.5. The molecule has 1 aliphatic heterocycles. The Morgan fingerprint density at radius 3 is 2.41 bits per heavy atom. The molecular weight excluding hydrogens is 522 g/mol. The van der Waals surface area contributed by atoms with Gasteiger partial charge in [0.2, 0.25) is 23.6 Å². The second-order valence-electron chi connectivity index (χ2n) is 10.5. The number of ether oxygens (including phenoxy) is 1. The van der Waals surface area contributed by atoms with E-state index >= 15 is 0 Å². The summed E-state index contributed by atoms with van der Waals surface area (Å²) >= 11 is 0. The molecule has 6 N–H and O–H groups in total. The van der Waals surface area contributed by atoms with Gasteiger partial charge in [0.1, 0.15) is 17.8 Å². The van der Waals surface area contributed by atoms with Crippen LogP contribution in [0, 0.1) is 0 Å². The SMILES string of the molecule is CCC(C)Oc1ccc(CC2NC(=O)[C@@H](NC(=O)[C@@H](N)Cc3ccccc3)CCCCNC(=O)CCNC2=O)cc1. The summed E-state index contributed by atoms with van der Waals surface area (Å²) in [6.07, 6.45) is 3.21. The summed E-state index contributed by atoms with van der Waals surface area (Å²) in [7, 11) is 0. The fourth-order valence-electron chi connectivity index (χ4n) is 4.46. The number of amides is 4. The number of hydrogen-bond acceptors (Lipinski definition) is 6. The number of nitrogens with two attached hydrogens (primary N) is 1. The highest BCUT2D eigenvalue weighted by Crippen LogP contribution is 2.16. The van der Waals surface area contributed by atoms with Crippen molar-refractivity contribution in [3.05, 3.63) is 65.7 Å². The third-order valence-electron chi connectivity index (χ3n) is 7.07. The lowest BCUT2D eigenvalue weighted by Crippen LogP contribution is -2.56. The van der Waals surface area contributed by atoms with Crippen molar-refractivity contribution in [2.45, 2.75) is 83.0 Å². The summed E-state index contributed by atoms with van der Waals surface area (Å²) in [5.74, 6) is -0.738. The lowest BCUT2D eigenvalue weighted by Gasteiger charge is -2.25. The predicted octanol–water partition coefficient (Wildman–Crippen LogP) is 1.75. The van der Waals surface area contributed by atoms with Gasteiger partial charge in [0.05, 0.1) is 12.1 Å². The fraction of sp³-hybridized carbons (Fsp3) is 0.484. The lowest BCUT2D eigenvalue weighted by molar-refractivity contribution is -0.132. The smallest absolute Gasteiger partial charge is 0.243 e. The Bertz CT molecular complexity index is 1140. The first-order valence-electron chi connectivity index (χ1n) is 14.5. The Kier molecular flexibility index (Phi) is 12.6. The molecule has 1 aliphatic rings. The van der Waals surface area contributed by atoms with Crippen molar-refractivity contribution in [1.82, 2.24) is 21.3 Å². The second kappa shape index (κ2) is 16.4. The van der Waals surface area contributed by atoms with Crippen LogP contribution in [-0.2, 0) is 32.0 Å². The molecule has 4 amide bonds. The lowest BCUT2D eigenvalue weighted by atomic mass is 10.0. The van der Waals surface area contributed by atoms with Crippen LogP contribution in [-0.4, -0.2) is 60.9 Å². The molecule has 4 atom stereocenters. The van der Waals surface area contributed by atoms with Gasteiger partial charge in [0.25, 0.3) is 0 Å². The van der Waals surface area contributed by atoms with Crippen molar-refractivity contribution < 1.29 is 23.9 Å². The standard InChI is InChI=1S/C31H43N5O5/c1-3-21(2)41-24-14-12-23(13-15-24)20-27-30(39)34-18-16-28(37)33-17-8-7-11-26(31(40)36-27)35-29(38)25(32)19-22-9-5-4-6-10-22/h4-6,9-10,12-15,21,25-27H,3,7-8,11,16-20,32H2,1-2H3,(H,33,37)(H,34,39)(H,35,38)(H,36,40)/t21?,25-,26-,27?/m0/s1. The molecule has 0 bridgehead atoms. The Hall–Kier alpha value is -3.92. The Morgan fingerprint density at radius 2 is 1.71 bits per heavy atom. The van der Waals surface area contributed by atoms with Crippen LogP contribution < -0.4 is 31.7 Å². The van der Waals surface area contributed by atoms with Gasteiger partial charge in [-0.05, 0) is 62.3 Å². The van der Waals surface area contributed by atoms with E-state index in [9.17, 15) is 19.2 Å². The first kappa shape index (κ1) is 31.6.